The van der Waals surface area contributed by atoms with Crippen molar-refractivity contribution < 1.29 is 14.6 Å². The number of rotatable bonds is 5. The molecule has 0 saturated heterocycles. The van der Waals surface area contributed by atoms with E-state index < -0.39 is 0 Å². The van der Waals surface area contributed by atoms with Gasteiger partial charge in [-0.05, 0) is 37.3 Å². The lowest BCUT2D eigenvalue weighted by atomic mass is 10.2. The molecule has 0 aliphatic carbocycles. The number of phenols is 1. The molecule has 2 rings (SSSR count). The monoisotopic (exact) mass is 362 g/mol. The summed E-state index contributed by atoms with van der Waals surface area (Å²) in [4.78, 5) is 11.9. The molecule has 2 aromatic carbocycles. The fourth-order valence-corrected chi connectivity index (χ4v) is 2.17. The highest BCUT2D eigenvalue weighted by Gasteiger charge is 2.07. The highest BCUT2D eigenvalue weighted by molar-refractivity contribution is 9.10. The molecule has 0 heterocycles. The van der Waals surface area contributed by atoms with Gasteiger partial charge in [-0.1, -0.05) is 28.1 Å². The fraction of sp³-hybridized carbons (Fsp3) is 0.125. The van der Waals surface area contributed by atoms with E-state index in [1.165, 1.54) is 6.21 Å². The third-order valence-corrected chi connectivity index (χ3v) is 3.28. The van der Waals surface area contributed by atoms with Gasteiger partial charge in [0, 0.05) is 15.6 Å². The second-order valence-electron chi connectivity index (χ2n) is 4.34. The molecule has 0 fully saturated rings. The number of aromatic hydroxyl groups is 1. The molecule has 0 saturated carbocycles. The van der Waals surface area contributed by atoms with E-state index >= 15 is 0 Å². The van der Waals surface area contributed by atoms with Crippen LogP contribution in [0.15, 0.2) is 52.0 Å². The maximum atomic E-state index is 11.9. The molecular weight excluding hydrogens is 348 g/mol. The van der Waals surface area contributed by atoms with E-state index in [-0.39, 0.29) is 11.7 Å². The first kappa shape index (κ1) is 16.0. The van der Waals surface area contributed by atoms with Crippen LogP contribution < -0.4 is 10.2 Å². The van der Waals surface area contributed by atoms with Gasteiger partial charge in [0.05, 0.1) is 12.8 Å². The molecule has 22 heavy (non-hydrogen) atoms. The summed E-state index contributed by atoms with van der Waals surface area (Å²) in [5, 5.41) is 13.9. The number of carbonyl (C=O) groups excluding carboxylic acids is 1. The summed E-state index contributed by atoms with van der Waals surface area (Å²) < 4.78 is 6.09. The van der Waals surface area contributed by atoms with E-state index in [0.717, 1.165) is 4.47 Å². The van der Waals surface area contributed by atoms with Crippen molar-refractivity contribution in [3.63, 3.8) is 0 Å². The van der Waals surface area contributed by atoms with Gasteiger partial charge < -0.3 is 9.84 Å². The van der Waals surface area contributed by atoms with Crippen molar-refractivity contribution in [1.82, 2.24) is 5.43 Å². The van der Waals surface area contributed by atoms with Gasteiger partial charge in [0.1, 0.15) is 0 Å². The molecule has 0 aliphatic rings. The molecule has 2 N–H and O–H groups in total. The summed E-state index contributed by atoms with van der Waals surface area (Å²) in [5.41, 5.74) is 3.35. The zero-order valence-corrected chi connectivity index (χ0v) is 13.5. The van der Waals surface area contributed by atoms with Crippen LogP contribution in [0, 0.1) is 0 Å². The van der Waals surface area contributed by atoms with E-state index in [4.69, 9.17) is 4.74 Å². The number of para-hydroxylation sites is 1. The van der Waals surface area contributed by atoms with Gasteiger partial charge in [0.15, 0.2) is 11.5 Å². The smallest absolute Gasteiger partial charge is 0.271 e. The van der Waals surface area contributed by atoms with Gasteiger partial charge in [0.2, 0.25) is 0 Å². The van der Waals surface area contributed by atoms with Crippen molar-refractivity contribution in [2.24, 2.45) is 5.10 Å². The van der Waals surface area contributed by atoms with Crippen molar-refractivity contribution in [3.05, 3.63) is 58.1 Å². The molecule has 5 nitrogen and oxygen atoms in total. The Morgan fingerprint density at radius 2 is 2.14 bits per heavy atom. The van der Waals surface area contributed by atoms with Crippen LogP contribution in [0.5, 0.6) is 11.5 Å². The lowest BCUT2D eigenvalue weighted by molar-refractivity contribution is 0.0955. The lowest BCUT2D eigenvalue weighted by Crippen LogP contribution is -2.17. The average molecular weight is 363 g/mol. The Balaban J connectivity index is 2.07. The van der Waals surface area contributed by atoms with E-state index in [9.17, 15) is 9.90 Å². The Hall–Kier alpha value is -2.34. The van der Waals surface area contributed by atoms with Gasteiger partial charge in [-0.15, -0.1) is 0 Å². The van der Waals surface area contributed by atoms with Crippen molar-refractivity contribution in [3.8, 4) is 11.5 Å². The SMILES string of the molecule is CCOc1cccc(C=NNC(=O)c2cccc(Br)c2)c1O. The highest BCUT2D eigenvalue weighted by Crippen LogP contribution is 2.28. The van der Waals surface area contributed by atoms with Gasteiger partial charge in [-0.3, -0.25) is 4.79 Å². The van der Waals surface area contributed by atoms with Crippen LogP contribution in [0.1, 0.15) is 22.8 Å². The summed E-state index contributed by atoms with van der Waals surface area (Å²) >= 11 is 3.30. The first-order valence-electron chi connectivity index (χ1n) is 6.65. The maximum Gasteiger partial charge on any atom is 0.271 e. The van der Waals surface area contributed by atoms with Gasteiger partial charge in [0.25, 0.3) is 5.91 Å². The molecule has 114 valence electrons. The van der Waals surface area contributed by atoms with Crippen molar-refractivity contribution in [2.45, 2.75) is 6.92 Å². The Labute approximate surface area is 136 Å². The Bertz CT molecular complexity index is 702. The topological polar surface area (TPSA) is 70.9 Å². The van der Waals surface area contributed by atoms with Gasteiger partial charge in [-0.25, -0.2) is 5.43 Å². The summed E-state index contributed by atoms with van der Waals surface area (Å²) in [6.07, 6.45) is 1.37. The zero-order valence-electron chi connectivity index (χ0n) is 11.9. The van der Waals surface area contributed by atoms with E-state index in [1.807, 2.05) is 13.0 Å². The molecule has 0 atom stereocenters. The zero-order chi connectivity index (χ0) is 15.9. The summed E-state index contributed by atoms with van der Waals surface area (Å²) in [6, 6.07) is 12.0. The summed E-state index contributed by atoms with van der Waals surface area (Å²) in [5.74, 6) is 0.0348. The van der Waals surface area contributed by atoms with Crippen LogP contribution in [0.25, 0.3) is 0 Å². The van der Waals surface area contributed by atoms with Crippen LogP contribution >= 0.6 is 15.9 Å². The quantitative estimate of drug-likeness (QED) is 0.633. The van der Waals surface area contributed by atoms with Crippen LogP contribution in [-0.2, 0) is 0 Å². The largest absolute Gasteiger partial charge is 0.504 e. The second kappa shape index (κ2) is 7.61. The van der Waals surface area contributed by atoms with Crippen LogP contribution in [0.4, 0.5) is 0 Å². The molecule has 0 aromatic heterocycles. The maximum absolute atomic E-state index is 11.9. The number of benzene rings is 2. The predicted molar refractivity (Wildman–Crippen MR) is 88.5 cm³/mol. The minimum atomic E-state index is -0.335. The lowest BCUT2D eigenvalue weighted by Gasteiger charge is -2.07. The van der Waals surface area contributed by atoms with Gasteiger partial charge in [-0.2, -0.15) is 5.10 Å². The Morgan fingerprint density at radius 3 is 2.86 bits per heavy atom. The first-order chi connectivity index (χ1) is 10.6. The molecule has 2 aromatic rings. The van der Waals surface area contributed by atoms with Gasteiger partial charge >= 0.3 is 0 Å². The molecular formula is C16H15BrN2O3. The number of halogens is 1. The Kier molecular flexibility index (Phi) is 5.55. The first-order valence-corrected chi connectivity index (χ1v) is 7.45. The molecule has 0 aliphatic heterocycles. The number of amides is 1. The summed E-state index contributed by atoms with van der Waals surface area (Å²) in [7, 11) is 0. The fourth-order valence-electron chi connectivity index (χ4n) is 1.77. The average Bonchev–Trinajstić information content (AvgIpc) is 2.51. The van der Waals surface area contributed by atoms with Crippen molar-refractivity contribution in [2.75, 3.05) is 6.61 Å². The van der Waals surface area contributed by atoms with E-state index in [0.29, 0.717) is 23.5 Å². The number of hydrogen-bond donors (Lipinski definition) is 2. The number of phenolic OH excluding ortho intramolecular Hbond substituents is 1. The third-order valence-electron chi connectivity index (χ3n) is 2.79. The number of hydrogen-bond acceptors (Lipinski definition) is 4. The molecule has 6 heteroatoms. The molecule has 0 spiro atoms. The minimum Gasteiger partial charge on any atom is -0.504 e. The predicted octanol–water partition coefficient (Wildman–Crippen LogP) is 3.32. The Morgan fingerprint density at radius 1 is 1.36 bits per heavy atom. The molecule has 0 unspecified atom stereocenters. The van der Waals surface area contributed by atoms with Crippen LogP contribution in [0.2, 0.25) is 0 Å². The van der Waals surface area contributed by atoms with E-state index in [2.05, 4.69) is 26.5 Å². The normalized spacial score (nSPS) is 10.6. The van der Waals surface area contributed by atoms with E-state index in [1.54, 1.807) is 36.4 Å². The van der Waals surface area contributed by atoms with Crippen molar-refractivity contribution in [1.29, 1.82) is 0 Å². The highest BCUT2D eigenvalue weighted by atomic mass is 79.9. The molecule has 1 amide bonds. The number of nitrogens with zero attached hydrogens (tertiary/aromatic N) is 1. The van der Waals surface area contributed by atoms with Crippen LogP contribution in [-0.4, -0.2) is 23.8 Å². The van der Waals surface area contributed by atoms with Crippen molar-refractivity contribution >= 4 is 28.1 Å². The van der Waals surface area contributed by atoms with Crippen LogP contribution in [0.3, 0.4) is 0 Å². The number of ether oxygens (including phenoxy) is 1. The third kappa shape index (κ3) is 4.08. The second-order valence-corrected chi connectivity index (χ2v) is 5.25. The molecule has 0 bridgehead atoms. The number of carbonyl (C=O) groups is 1. The minimum absolute atomic E-state index is 0.00944. The number of hydrazone groups is 1. The standard InChI is InChI=1S/C16H15BrN2O3/c1-2-22-14-8-4-6-12(15(14)20)10-18-19-16(21)11-5-3-7-13(17)9-11/h3-10,20H,2H2,1H3,(H,19,21). The number of nitrogens with one attached hydrogen (secondary N) is 1. The molecule has 0 radical (unpaired) electrons. The summed E-state index contributed by atoms with van der Waals surface area (Å²) in [6.45, 7) is 2.28.